The molecular formula is C18H16N2O5. The average Bonchev–Trinajstić information content (AvgIpc) is 3.05. The molecule has 1 heterocycles. The van der Waals surface area contributed by atoms with Gasteiger partial charge in [-0.25, -0.2) is 4.79 Å². The van der Waals surface area contributed by atoms with Gasteiger partial charge in [0.1, 0.15) is 0 Å². The van der Waals surface area contributed by atoms with E-state index in [1.807, 2.05) is 24.3 Å². The average molecular weight is 340 g/mol. The Kier molecular flexibility index (Phi) is 4.47. The van der Waals surface area contributed by atoms with Gasteiger partial charge in [-0.05, 0) is 37.1 Å². The van der Waals surface area contributed by atoms with Crippen molar-refractivity contribution in [2.24, 2.45) is 0 Å². The number of carbonyl (C=O) groups is 2. The highest BCUT2D eigenvalue weighted by atomic mass is 16.6. The first kappa shape index (κ1) is 16.6. The van der Waals surface area contributed by atoms with E-state index in [1.54, 1.807) is 4.90 Å². The summed E-state index contributed by atoms with van der Waals surface area (Å²) in [7, 11) is 0. The Hall–Kier alpha value is -3.22. The zero-order chi connectivity index (χ0) is 18.0. The number of hydrogen-bond donors (Lipinski definition) is 0. The highest BCUT2D eigenvalue weighted by Crippen LogP contribution is 2.28. The van der Waals surface area contributed by atoms with E-state index in [4.69, 9.17) is 4.74 Å². The molecule has 1 atom stereocenters. The summed E-state index contributed by atoms with van der Waals surface area (Å²) in [4.78, 5) is 36.4. The molecule has 1 unspecified atom stereocenters. The van der Waals surface area contributed by atoms with E-state index in [1.165, 1.54) is 31.2 Å². The topological polar surface area (TPSA) is 89.7 Å². The van der Waals surface area contributed by atoms with Crippen molar-refractivity contribution in [3.8, 4) is 0 Å². The molecule has 0 saturated heterocycles. The fourth-order valence-corrected chi connectivity index (χ4v) is 2.78. The van der Waals surface area contributed by atoms with Crippen LogP contribution < -0.4 is 4.90 Å². The number of ether oxygens (including phenoxy) is 1. The van der Waals surface area contributed by atoms with E-state index in [2.05, 4.69) is 0 Å². The fourth-order valence-electron chi connectivity index (χ4n) is 2.78. The molecule has 128 valence electrons. The summed E-state index contributed by atoms with van der Waals surface area (Å²) in [5.74, 6) is -0.983. The van der Waals surface area contributed by atoms with Crippen molar-refractivity contribution < 1.29 is 19.2 Å². The van der Waals surface area contributed by atoms with Crippen LogP contribution in [-0.4, -0.2) is 29.4 Å². The number of nitro benzene ring substituents is 1. The molecule has 1 aliphatic heterocycles. The van der Waals surface area contributed by atoms with Crippen molar-refractivity contribution in [2.45, 2.75) is 19.4 Å². The third-order valence-corrected chi connectivity index (χ3v) is 4.10. The second kappa shape index (κ2) is 6.72. The lowest BCUT2D eigenvalue weighted by molar-refractivity contribution is -0.384. The number of benzene rings is 2. The smallest absolute Gasteiger partial charge is 0.338 e. The normalized spacial score (nSPS) is 13.9. The second-order valence-corrected chi connectivity index (χ2v) is 5.72. The van der Waals surface area contributed by atoms with Crippen LogP contribution in [0.15, 0.2) is 48.5 Å². The van der Waals surface area contributed by atoms with E-state index in [-0.39, 0.29) is 17.2 Å². The molecule has 0 fully saturated rings. The summed E-state index contributed by atoms with van der Waals surface area (Å²) in [6.45, 7) is 2.07. The van der Waals surface area contributed by atoms with Gasteiger partial charge in [-0.3, -0.25) is 14.9 Å². The van der Waals surface area contributed by atoms with Crippen molar-refractivity contribution in [3.05, 3.63) is 69.8 Å². The maximum absolute atomic E-state index is 12.6. The van der Waals surface area contributed by atoms with Gasteiger partial charge >= 0.3 is 5.97 Å². The van der Waals surface area contributed by atoms with Crippen LogP contribution in [0.4, 0.5) is 11.4 Å². The first-order valence-corrected chi connectivity index (χ1v) is 7.82. The number of para-hydroxylation sites is 1. The number of amides is 1. The first-order valence-electron chi connectivity index (χ1n) is 7.82. The molecule has 0 N–H and O–H groups in total. The Morgan fingerprint density at radius 3 is 2.52 bits per heavy atom. The van der Waals surface area contributed by atoms with Crippen molar-refractivity contribution in [2.75, 3.05) is 11.4 Å². The lowest BCUT2D eigenvalue weighted by Crippen LogP contribution is -2.39. The number of fused-ring (bicyclic) bond motifs is 1. The first-order chi connectivity index (χ1) is 12.0. The van der Waals surface area contributed by atoms with Crippen LogP contribution in [-0.2, 0) is 16.0 Å². The van der Waals surface area contributed by atoms with Gasteiger partial charge in [0, 0.05) is 24.4 Å². The predicted molar refractivity (Wildman–Crippen MR) is 90.5 cm³/mol. The molecule has 0 aromatic heterocycles. The largest absolute Gasteiger partial charge is 0.449 e. The molecule has 7 nitrogen and oxygen atoms in total. The summed E-state index contributed by atoms with van der Waals surface area (Å²) in [5, 5.41) is 10.6. The number of nitrogens with zero attached hydrogens (tertiary/aromatic N) is 2. The van der Waals surface area contributed by atoms with Crippen LogP contribution in [0.3, 0.4) is 0 Å². The van der Waals surface area contributed by atoms with Crippen molar-refractivity contribution in [1.82, 2.24) is 0 Å². The van der Waals surface area contributed by atoms with Gasteiger partial charge in [0.25, 0.3) is 11.6 Å². The molecule has 25 heavy (non-hydrogen) atoms. The van der Waals surface area contributed by atoms with Crippen molar-refractivity contribution in [3.63, 3.8) is 0 Å². The van der Waals surface area contributed by atoms with Crippen LogP contribution in [0.2, 0.25) is 0 Å². The highest BCUT2D eigenvalue weighted by molar-refractivity contribution is 6.00. The van der Waals surface area contributed by atoms with Gasteiger partial charge in [0.2, 0.25) is 0 Å². The summed E-state index contributed by atoms with van der Waals surface area (Å²) in [6, 6.07) is 12.7. The van der Waals surface area contributed by atoms with Crippen LogP contribution in [0, 0.1) is 10.1 Å². The zero-order valence-electron chi connectivity index (χ0n) is 13.5. The monoisotopic (exact) mass is 340 g/mol. The van der Waals surface area contributed by atoms with Gasteiger partial charge in [0.05, 0.1) is 10.5 Å². The van der Waals surface area contributed by atoms with Gasteiger partial charge < -0.3 is 9.64 Å². The SMILES string of the molecule is CC(OC(=O)c1ccc([N+](=O)[O-])cc1)C(=O)N1CCc2ccccc21. The number of hydrogen-bond acceptors (Lipinski definition) is 5. The van der Waals surface area contributed by atoms with Gasteiger partial charge in [0.15, 0.2) is 6.10 Å². The third kappa shape index (κ3) is 3.35. The maximum Gasteiger partial charge on any atom is 0.338 e. The standard InChI is InChI=1S/C18H16N2O5/c1-12(17(21)19-11-10-13-4-2-3-5-16(13)19)25-18(22)14-6-8-15(9-7-14)20(23)24/h2-9,12H,10-11H2,1H3. The van der Waals surface area contributed by atoms with Gasteiger partial charge in [-0.15, -0.1) is 0 Å². The number of non-ortho nitro benzene ring substituents is 1. The lowest BCUT2D eigenvalue weighted by atomic mass is 10.2. The number of carbonyl (C=O) groups excluding carboxylic acids is 2. The minimum absolute atomic E-state index is 0.116. The Balaban J connectivity index is 1.67. The molecule has 1 amide bonds. The van der Waals surface area contributed by atoms with Gasteiger partial charge in [-0.1, -0.05) is 18.2 Å². The summed E-state index contributed by atoms with van der Waals surface area (Å²) in [5.41, 5.74) is 1.97. The van der Waals surface area contributed by atoms with Crippen LogP contribution in [0.1, 0.15) is 22.8 Å². The molecule has 1 aliphatic rings. The van der Waals surface area contributed by atoms with E-state index in [9.17, 15) is 19.7 Å². The molecule has 7 heteroatoms. The highest BCUT2D eigenvalue weighted by Gasteiger charge is 2.30. The van der Waals surface area contributed by atoms with Crippen molar-refractivity contribution in [1.29, 1.82) is 0 Å². The minimum atomic E-state index is -0.950. The van der Waals surface area contributed by atoms with Crippen LogP contribution in [0.5, 0.6) is 0 Å². The minimum Gasteiger partial charge on any atom is -0.449 e. The summed E-state index contributed by atoms with van der Waals surface area (Å²) >= 11 is 0. The maximum atomic E-state index is 12.6. The zero-order valence-corrected chi connectivity index (χ0v) is 13.5. The van der Waals surface area contributed by atoms with Gasteiger partial charge in [-0.2, -0.15) is 0 Å². The van der Waals surface area contributed by atoms with Crippen LogP contribution in [0.25, 0.3) is 0 Å². The molecule has 2 aromatic carbocycles. The quantitative estimate of drug-likeness (QED) is 0.485. The van der Waals surface area contributed by atoms with E-state index < -0.39 is 17.0 Å². The Labute approximate surface area is 144 Å². The Bertz CT molecular complexity index is 832. The predicted octanol–water partition coefficient (Wildman–Crippen LogP) is 2.73. The molecule has 3 rings (SSSR count). The van der Waals surface area contributed by atoms with Crippen LogP contribution >= 0.6 is 0 Å². The molecule has 0 radical (unpaired) electrons. The molecule has 0 aliphatic carbocycles. The number of esters is 1. The molecule has 0 spiro atoms. The summed E-state index contributed by atoms with van der Waals surface area (Å²) in [6.07, 6.45) is -0.181. The molecule has 0 bridgehead atoms. The van der Waals surface area contributed by atoms with E-state index >= 15 is 0 Å². The summed E-state index contributed by atoms with van der Waals surface area (Å²) < 4.78 is 5.23. The Morgan fingerprint density at radius 2 is 1.84 bits per heavy atom. The number of rotatable bonds is 4. The van der Waals surface area contributed by atoms with E-state index in [0.717, 1.165) is 17.7 Å². The van der Waals surface area contributed by atoms with E-state index in [0.29, 0.717) is 6.54 Å². The van der Waals surface area contributed by atoms with Crippen molar-refractivity contribution >= 4 is 23.3 Å². The molecular weight excluding hydrogens is 324 g/mol. The number of anilines is 1. The molecule has 0 saturated carbocycles. The lowest BCUT2D eigenvalue weighted by Gasteiger charge is -2.21. The Morgan fingerprint density at radius 1 is 1.16 bits per heavy atom. The molecule has 2 aromatic rings. The second-order valence-electron chi connectivity index (χ2n) is 5.72. The third-order valence-electron chi connectivity index (χ3n) is 4.10. The fraction of sp³-hybridized carbons (Fsp3) is 0.222. The number of nitro groups is 1.